The van der Waals surface area contributed by atoms with Crippen LogP contribution in [0.2, 0.25) is 0 Å². The summed E-state index contributed by atoms with van der Waals surface area (Å²) in [5.41, 5.74) is 10.5. The molecule has 0 saturated carbocycles. The molecule has 6 fully saturated rings. The minimum atomic E-state index is -1.92. The van der Waals surface area contributed by atoms with Crippen LogP contribution in [0.4, 0.5) is 0 Å². The Bertz CT molecular complexity index is 2420. The van der Waals surface area contributed by atoms with Gasteiger partial charge in [-0.15, -0.1) is 0 Å². The molecular formula is C58H103N5O37. The van der Waals surface area contributed by atoms with Crippen LogP contribution >= 0.6 is 0 Å². The predicted octanol–water partition coefficient (Wildman–Crippen LogP) is -14.2. The lowest BCUT2D eigenvalue weighted by Gasteiger charge is -2.46. The Kier molecular flexibility index (Phi) is 37.5. The number of ether oxygens (including phenoxy) is 12. The highest BCUT2D eigenvalue weighted by molar-refractivity contribution is 5.85. The molecule has 6 saturated heterocycles. The molecule has 0 bridgehead atoms. The number of Topliss-reactive ketones (excluding diaryl/α,β-unsaturated/α-hetero) is 2. The lowest BCUT2D eigenvalue weighted by atomic mass is 9.96. The Hall–Kier alpha value is -3.61. The lowest BCUT2D eigenvalue weighted by Crippen LogP contribution is -2.65. The van der Waals surface area contributed by atoms with Crippen LogP contribution in [0.25, 0.3) is 0 Å². The number of aliphatic hydroxyl groups excluding tert-OH is 20. The molecule has 582 valence electrons. The van der Waals surface area contributed by atoms with E-state index >= 15 is 0 Å². The number of nitrogens with two attached hydrogens (primary N) is 1. The Morgan fingerprint density at radius 2 is 0.770 bits per heavy atom. The third-order valence-corrected chi connectivity index (χ3v) is 17.1. The number of amides is 3. The van der Waals surface area contributed by atoms with Crippen molar-refractivity contribution in [2.75, 3.05) is 72.5 Å². The second-order valence-corrected chi connectivity index (χ2v) is 24.5. The highest BCUT2D eigenvalue weighted by atomic mass is 16.8. The highest BCUT2D eigenvalue weighted by Gasteiger charge is 2.55. The number of unbranched alkanes of at least 4 members (excludes halogenated alkanes) is 1. The van der Waals surface area contributed by atoms with Crippen molar-refractivity contribution in [1.29, 1.82) is 0 Å². The second-order valence-electron chi connectivity index (χ2n) is 24.5. The van der Waals surface area contributed by atoms with E-state index in [2.05, 4.69) is 21.5 Å². The van der Waals surface area contributed by atoms with Crippen molar-refractivity contribution in [2.24, 2.45) is 5.73 Å². The number of carbonyl (C=O) groups excluding carboxylic acids is 5. The van der Waals surface area contributed by atoms with Crippen LogP contribution in [-0.4, -0.2) is 394 Å². The molecule has 6 aliphatic rings. The van der Waals surface area contributed by atoms with Crippen molar-refractivity contribution in [2.45, 2.75) is 262 Å². The van der Waals surface area contributed by atoms with Gasteiger partial charge in [-0.3, -0.25) is 29.4 Å². The first kappa shape index (κ1) is 87.0. The normalized spacial score (nSPS) is 39.5. The van der Waals surface area contributed by atoms with Gasteiger partial charge in [0.2, 0.25) is 17.7 Å². The minimum Gasteiger partial charge on any atom is -0.394 e. The number of rotatable bonds is 37. The van der Waals surface area contributed by atoms with E-state index in [1.165, 1.54) is 6.92 Å². The molecule has 26 N–H and O–H groups in total. The molecule has 0 aliphatic carbocycles. The topological polar surface area (TPSA) is 675 Å². The Balaban J connectivity index is 0.000000365. The monoisotopic (exact) mass is 1460 g/mol. The number of hydrazine groups is 1. The molecule has 0 spiro atoms. The molecule has 0 unspecified atom stereocenters. The molecule has 31 atom stereocenters. The summed E-state index contributed by atoms with van der Waals surface area (Å²) in [4.78, 5) is 60.1. The van der Waals surface area contributed by atoms with Gasteiger partial charge in [0, 0.05) is 45.2 Å². The first-order valence-electron chi connectivity index (χ1n) is 32.8. The van der Waals surface area contributed by atoms with Crippen LogP contribution in [0.1, 0.15) is 71.6 Å². The zero-order valence-corrected chi connectivity index (χ0v) is 55.0. The van der Waals surface area contributed by atoms with Gasteiger partial charge in [-0.05, 0) is 39.7 Å². The highest BCUT2D eigenvalue weighted by Crippen LogP contribution is 2.34. The van der Waals surface area contributed by atoms with E-state index in [0.29, 0.717) is 32.4 Å². The number of aliphatic hydroxyl groups is 20. The Morgan fingerprint density at radius 3 is 1.18 bits per heavy atom. The zero-order valence-electron chi connectivity index (χ0n) is 55.0. The molecule has 0 radical (unpaired) electrons. The van der Waals surface area contributed by atoms with E-state index in [-0.39, 0.29) is 75.8 Å². The van der Waals surface area contributed by atoms with Crippen LogP contribution in [0.15, 0.2) is 0 Å². The summed E-state index contributed by atoms with van der Waals surface area (Å²) >= 11 is 0. The number of nitrogens with one attached hydrogen (secondary N) is 4. The molecule has 6 heterocycles. The largest absolute Gasteiger partial charge is 0.394 e. The molecular weight excluding hydrogens is 1360 g/mol. The van der Waals surface area contributed by atoms with Gasteiger partial charge >= 0.3 is 0 Å². The van der Waals surface area contributed by atoms with Gasteiger partial charge in [-0.1, -0.05) is 6.42 Å². The molecule has 100 heavy (non-hydrogen) atoms. The third-order valence-electron chi connectivity index (χ3n) is 17.1. The van der Waals surface area contributed by atoms with Gasteiger partial charge in [-0.25, -0.2) is 5.43 Å². The van der Waals surface area contributed by atoms with Gasteiger partial charge in [0.15, 0.2) is 37.7 Å². The molecule has 0 aromatic heterocycles. The van der Waals surface area contributed by atoms with Crippen LogP contribution < -0.4 is 27.2 Å². The van der Waals surface area contributed by atoms with Gasteiger partial charge < -0.3 is 175 Å². The summed E-state index contributed by atoms with van der Waals surface area (Å²) < 4.78 is 66.1. The lowest BCUT2D eigenvalue weighted by molar-refractivity contribution is -0.366. The maximum atomic E-state index is 12.4. The molecule has 0 aromatic carbocycles. The van der Waals surface area contributed by atoms with Crippen molar-refractivity contribution in [1.82, 2.24) is 21.5 Å². The second kappa shape index (κ2) is 43.1. The smallest absolute Gasteiger partial charge is 0.234 e. The summed E-state index contributed by atoms with van der Waals surface area (Å²) in [6.45, 7) is -0.868. The number of hydrogen-bond donors (Lipinski definition) is 25. The Labute approximate surface area is 572 Å². The molecule has 42 heteroatoms. The maximum absolute atomic E-state index is 12.4. The van der Waals surface area contributed by atoms with E-state index in [4.69, 9.17) is 62.6 Å². The van der Waals surface area contributed by atoms with E-state index in [1.807, 2.05) is 0 Å². The summed E-state index contributed by atoms with van der Waals surface area (Å²) in [7, 11) is 0. The van der Waals surface area contributed by atoms with E-state index in [1.54, 1.807) is 6.92 Å². The van der Waals surface area contributed by atoms with Crippen molar-refractivity contribution >= 4 is 29.3 Å². The molecule has 3 amide bonds. The van der Waals surface area contributed by atoms with E-state index in [0.717, 1.165) is 0 Å². The Morgan fingerprint density at radius 1 is 0.400 bits per heavy atom. The maximum Gasteiger partial charge on any atom is 0.234 e. The third kappa shape index (κ3) is 24.5. The fraction of sp³-hybridized carbons (Fsp3) is 0.914. The van der Waals surface area contributed by atoms with Gasteiger partial charge in [-0.2, -0.15) is 0 Å². The zero-order chi connectivity index (χ0) is 74.2. The van der Waals surface area contributed by atoms with Crippen LogP contribution in [-0.2, 0) is 80.8 Å². The van der Waals surface area contributed by atoms with Gasteiger partial charge in [0.25, 0.3) is 0 Å². The first-order chi connectivity index (χ1) is 47.5. The summed E-state index contributed by atoms with van der Waals surface area (Å²) in [5, 5.41) is 210. The van der Waals surface area contributed by atoms with E-state index in [9.17, 15) is 126 Å². The molecule has 42 nitrogen and oxygen atoms in total. The van der Waals surface area contributed by atoms with Crippen LogP contribution in [0, 0.1) is 0 Å². The molecule has 6 rings (SSSR count). The van der Waals surface area contributed by atoms with Crippen molar-refractivity contribution < 1.29 is 183 Å². The minimum absolute atomic E-state index is 0.0208. The van der Waals surface area contributed by atoms with Crippen molar-refractivity contribution in [3.8, 4) is 0 Å². The number of ketones is 2. The van der Waals surface area contributed by atoms with Gasteiger partial charge in [0.1, 0.15) is 158 Å². The summed E-state index contributed by atoms with van der Waals surface area (Å²) in [5.74, 6) is -1.72. The molecule has 0 aromatic rings. The van der Waals surface area contributed by atoms with Crippen LogP contribution in [0.5, 0.6) is 0 Å². The average Bonchev–Trinajstić information content (AvgIpc) is 0.786. The van der Waals surface area contributed by atoms with Crippen molar-refractivity contribution in [3.63, 3.8) is 0 Å². The fourth-order valence-corrected chi connectivity index (χ4v) is 11.0. The van der Waals surface area contributed by atoms with Crippen LogP contribution in [0.3, 0.4) is 0 Å². The summed E-state index contributed by atoms with van der Waals surface area (Å²) in [6, 6.07) is -0.606. The molecule has 6 aliphatic heterocycles. The predicted molar refractivity (Wildman–Crippen MR) is 323 cm³/mol. The average molecular weight is 1460 g/mol. The first-order valence-corrected chi connectivity index (χ1v) is 32.8. The number of carbonyl (C=O) groups is 5. The number of hydrogen-bond acceptors (Lipinski definition) is 39. The van der Waals surface area contributed by atoms with Crippen molar-refractivity contribution in [3.05, 3.63) is 0 Å². The summed E-state index contributed by atoms with van der Waals surface area (Å²) in [6.07, 6.45) is -48.6. The standard InChI is InChI=1S/C31H56N4O19.C27H47NO18/c1-13(38)14(4-2-3-7-32)34-35-19(40)6-5-18(39)33-8-9-49-30-27(48)28(54-31-26(47)24(45)21(42)16(11-37)52-31)22(43)17(53-30)12-50-29-25(46)23(44)20(41)15(10-36)51-29;1-2-28-15(32)6-5-11(31)4-3-7-41-26-23(40)24(46-27-22(39)20(37)17(34)13(9-30)44-27)18(35)14(45-26)10-42-25-21(38)19(36)16(33)12(8-29)43-25/h14-17,20-31,34,36-37,41-48H,2-12,32H2,1H3,(H,33,39)(H,35,40);12-14,16-27,29-30,33-40H,2-10H2,1H3,(H,28,32)/t14-,15+,16+,17+,20+,21+,22+,23-,24-,25-,26-,27-,28-,29-,30-,31+;12-,13-,14-,16-,17-,18-,19+,20+,21+,22+,23+,24+,25+,26+,27-/m01/s1. The SMILES string of the molecule is CC(=O)[C@H](CCCCN)NNC(=O)CCC(=O)NCCO[C@H]1O[C@H](CO[C@H]2O[C@H](CO)[C@@H](O)[C@H](O)[C@@H]2O)[C@@H](O)[C@H](O[C@H]2O[C@H](CO)[C@@H](O)[C@H](O)[C@@H]2O)[C@@H]1O.CCNC(=O)CCC(=O)CCCO[C@H]1O[C@H](CO[C@H]2O[C@H](CO)[C@@H](O)[C@H](O)[C@@H]2O)[C@@H](O)[C@H](O[C@H]2O[C@H](CO)[C@@H](O)[C@H](O)[C@@H]2O)[C@@H]1O. The van der Waals surface area contributed by atoms with E-state index < -0.39 is 242 Å². The fourth-order valence-electron chi connectivity index (χ4n) is 11.0. The quantitative estimate of drug-likeness (QED) is 0.0203. The van der Waals surface area contributed by atoms with Gasteiger partial charge in [0.05, 0.1) is 58.9 Å².